The molecule has 0 radical (unpaired) electrons. The number of carbonyl (C=O) groups is 4. The lowest BCUT2D eigenvalue weighted by molar-refractivity contribution is -0.160. The third-order valence-corrected chi connectivity index (χ3v) is 4.43. The Labute approximate surface area is 152 Å². The van der Waals surface area contributed by atoms with E-state index < -0.39 is 48.6 Å². The molecular formula is C17H29NO8. The Morgan fingerprint density at radius 1 is 0.923 bits per heavy atom. The van der Waals surface area contributed by atoms with Crippen molar-refractivity contribution in [1.82, 2.24) is 0 Å². The van der Waals surface area contributed by atoms with Crippen LogP contribution < -0.4 is 5.73 Å². The van der Waals surface area contributed by atoms with Crippen LogP contribution in [0.4, 0.5) is 0 Å². The van der Waals surface area contributed by atoms with Crippen molar-refractivity contribution in [2.75, 3.05) is 0 Å². The molecule has 0 bridgehead atoms. The molecule has 1 rings (SSSR count). The molecule has 0 saturated heterocycles. The second kappa shape index (κ2) is 12.2. The highest BCUT2D eigenvalue weighted by atomic mass is 16.4. The van der Waals surface area contributed by atoms with Crippen LogP contribution in [0.2, 0.25) is 0 Å². The second-order valence-electron chi connectivity index (χ2n) is 6.67. The Bertz CT molecular complexity index is 459. The summed E-state index contributed by atoms with van der Waals surface area (Å²) in [4.78, 5) is 41.9. The van der Waals surface area contributed by atoms with E-state index in [1.807, 2.05) is 0 Å². The van der Waals surface area contributed by atoms with Crippen LogP contribution in [0.1, 0.15) is 58.3 Å². The Balaban J connectivity index is 0.000000531. The summed E-state index contributed by atoms with van der Waals surface area (Å²) >= 11 is 0. The summed E-state index contributed by atoms with van der Waals surface area (Å²) in [5, 5.41) is 34.1. The molecule has 0 spiro atoms. The molecule has 6 N–H and O–H groups in total. The van der Waals surface area contributed by atoms with Gasteiger partial charge in [-0.15, -0.1) is 0 Å². The van der Waals surface area contributed by atoms with Crippen LogP contribution in [0.5, 0.6) is 0 Å². The van der Waals surface area contributed by atoms with E-state index in [2.05, 4.69) is 6.92 Å². The van der Waals surface area contributed by atoms with E-state index >= 15 is 0 Å². The molecular weight excluding hydrogens is 346 g/mol. The van der Waals surface area contributed by atoms with Crippen LogP contribution in [-0.4, -0.2) is 50.3 Å². The summed E-state index contributed by atoms with van der Waals surface area (Å²) in [6.45, 7) is 2.26. The van der Waals surface area contributed by atoms with Crippen molar-refractivity contribution in [1.29, 1.82) is 0 Å². The zero-order valence-electron chi connectivity index (χ0n) is 15.0. The largest absolute Gasteiger partial charge is 0.481 e. The fraction of sp³-hybridized carbons (Fsp3) is 0.765. The van der Waals surface area contributed by atoms with Crippen molar-refractivity contribution in [3.8, 4) is 0 Å². The zero-order valence-corrected chi connectivity index (χ0v) is 15.0. The smallest absolute Gasteiger partial charge is 0.307 e. The Morgan fingerprint density at radius 2 is 1.38 bits per heavy atom. The predicted octanol–water partition coefficient (Wildman–Crippen LogP) is 1.64. The highest BCUT2D eigenvalue weighted by Gasteiger charge is 2.36. The summed E-state index contributed by atoms with van der Waals surface area (Å²) in [5.74, 6) is -8.84. The molecule has 0 amide bonds. The first-order valence-corrected chi connectivity index (χ1v) is 8.73. The van der Waals surface area contributed by atoms with Crippen molar-refractivity contribution in [2.24, 2.45) is 23.5 Å². The topological polar surface area (TPSA) is 175 Å². The minimum Gasteiger partial charge on any atom is -0.481 e. The predicted molar refractivity (Wildman–Crippen MR) is 91.6 cm³/mol. The average molecular weight is 375 g/mol. The SMILES string of the molecule is CCCC1CCCC(N)C1.O=C(O)CC(C(=O)O)C(CC(=O)O)C(=O)O. The molecule has 1 aliphatic rings. The van der Waals surface area contributed by atoms with Crippen LogP contribution in [0.15, 0.2) is 0 Å². The summed E-state index contributed by atoms with van der Waals surface area (Å²) < 4.78 is 0. The van der Waals surface area contributed by atoms with Crippen LogP contribution in [0, 0.1) is 17.8 Å². The molecule has 0 aromatic rings. The van der Waals surface area contributed by atoms with Crippen molar-refractivity contribution in [3.05, 3.63) is 0 Å². The van der Waals surface area contributed by atoms with E-state index in [1.54, 1.807) is 0 Å². The van der Waals surface area contributed by atoms with E-state index in [0.29, 0.717) is 6.04 Å². The molecule has 4 unspecified atom stereocenters. The quantitative estimate of drug-likeness (QED) is 0.401. The highest BCUT2D eigenvalue weighted by Crippen LogP contribution is 2.26. The van der Waals surface area contributed by atoms with E-state index in [-0.39, 0.29) is 0 Å². The average Bonchev–Trinajstić information content (AvgIpc) is 2.51. The van der Waals surface area contributed by atoms with E-state index in [1.165, 1.54) is 38.5 Å². The molecule has 9 heteroatoms. The lowest BCUT2D eigenvalue weighted by Gasteiger charge is -2.25. The number of carboxylic acid groups (broad SMARTS) is 4. The number of nitrogens with two attached hydrogens (primary N) is 1. The molecule has 0 heterocycles. The summed E-state index contributed by atoms with van der Waals surface area (Å²) in [6, 6.07) is 0.519. The zero-order chi connectivity index (χ0) is 20.3. The van der Waals surface area contributed by atoms with Crippen LogP contribution in [0.25, 0.3) is 0 Å². The van der Waals surface area contributed by atoms with Crippen molar-refractivity contribution in [2.45, 2.75) is 64.3 Å². The van der Waals surface area contributed by atoms with E-state index in [9.17, 15) is 19.2 Å². The van der Waals surface area contributed by atoms with Gasteiger partial charge in [0, 0.05) is 6.04 Å². The first kappa shape index (κ1) is 23.8. The van der Waals surface area contributed by atoms with Gasteiger partial charge in [-0.25, -0.2) is 0 Å². The normalized spacial score (nSPS) is 21.6. The second-order valence-corrected chi connectivity index (χ2v) is 6.67. The van der Waals surface area contributed by atoms with Gasteiger partial charge in [0.15, 0.2) is 0 Å². The highest BCUT2D eigenvalue weighted by molar-refractivity contribution is 5.86. The standard InChI is InChI=1S/C9H19N.C8H10O8/c1-2-4-8-5-3-6-9(10)7-8;9-5(10)1-3(7(13)14)4(8(15)16)2-6(11)12/h8-9H,2-7,10H2,1H3;3-4H,1-2H2,(H,9,10)(H,11,12)(H,13,14)(H,15,16). The van der Waals surface area contributed by atoms with Crippen LogP contribution in [-0.2, 0) is 19.2 Å². The maximum Gasteiger partial charge on any atom is 0.307 e. The van der Waals surface area contributed by atoms with Gasteiger partial charge in [-0.05, 0) is 18.8 Å². The molecule has 1 saturated carbocycles. The van der Waals surface area contributed by atoms with Gasteiger partial charge < -0.3 is 26.2 Å². The fourth-order valence-electron chi connectivity index (χ4n) is 3.18. The van der Waals surface area contributed by atoms with Crippen LogP contribution in [0.3, 0.4) is 0 Å². The molecule has 4 atom stereocenters. The van der Waals surface area contributed by atoms with E-state index in [0.717, 1.165) is 5.92 Å². The van der Waals surface area contributed by atoms with Crippen molar-refractivity contribution < 1.29 is 39.6 Å². The first-order valence-electron chi connectivity index (χ1n) is 8.73. The monoisotopic (exact) mass is 375 g/mol. The number of carboxylic acids is 4. The lowest BCUT2D eigenvalue weighted by atomic mass is 9.84. The third kappa shape index (κ3) is 9.97. The molecule has 1 fully saturated rings. The van der Waals surface area contributed by atoms with Gasteiger partial charge in [-0.1, -0.05) is 32.6 Å². The molecule has 9 nitrogen and oxygen atoms in total. The number of rotatable bonds is 9. The maximum absolute atomic E-state index is 10.6. The first-order chi connectivity index (χ1) is 12.1. The summed E-state index contributed by atoms with van der Waals surface area (Å²) in [6.07, 6.45) is 6.21. The summed E-state index contributed by atoms with van der Waals surface area (Å²) in [5.41, 5.74) is 5.86. The maximum atomic E-state index is 10.6. The molecule has 150 valence electrons. The number of aliphatic carboxylic acids is 4. The third-order valence-electron chi connectivity index (χ3n) is 4.43. The molecule has 1 aliphatic carbocycles. The number of hydrogen-bond acceptors (Lipinski definition) is 5. The van der Waals surface area contributed by atoms with Gasteiger partial charge in [-0.3, -0.25) is 19.2 Å². The Kier molecular flexibility index (Phi) is 11.2. The van der Waals surface area contributed by atoms with Crippen molar-refractivity contribution >= 4 is 23.9 Å². The minimum absolute atomic E-state index is 0.519. The van der Waals surface area contributed by atoms with Crippen molar-refractivity contribution in [3.63, 3.8) is 0 Å². The number of hydrogen-bond donors (Lipinski definition) is 5. The van der Waals surface area contributed by atoms with Gasteiger partial charge in [0.25, 0.3) is 0 Å². The minimum atomic E-state index is -1.76. The van der Waals surface area contributed by atoms with Gasteiger partial charge >= 0.3 is 23.9 Å². The lowest BCUT2D eigenvalue weighted by Crippen LogP contribution is -2.33. The molecule has 0 aliphatic heterocycles. The Morgan fingerprint density at radius 3 is 1.69 bits per heavy atom. The van der Waals surface area contributed by atoms with Crippen LogP contribution >= 0.6 is 0 Å². The molecule has 0 aromatic heterocycles. The van der Waals surface area contributed by atoms with E-state index in [4.69, 9.17) is 26.2 Å². The molecule has 0 aromatic carbocycles. The van der Waals surface area contributed by atoms with Gasteiger partial charge in [0.05, 0.1) is 24.7 Å². The van der Waals surface area contributed by atoms with Gasteiger partial charge in [0.2, 0.25) is 0 Å². The summed E-state index contributed by atoms with van der Waals surface area (Å²) in [7, 11) is 0. The van der Waals surface area contributed by atoms with Gasteiger partial charge in [0.1, 0.15) is 0 Å². The van der Waals surface area contributed by atoms with Gasteiger partial charge in [-0.2, -0.15) is 0 Å². The molecule has 26 heavy (non-hydrogen) atoms. The Hall–Kier alpha value is -2.16. The fourth-order valence-corrected chi connectivity index (χ4v) is 3.18.